The zero-order chi connectivity index (χ0) is 45.0. The third-order valence-electron chi connectivity index (χ3n) is 13.1. The maximum absolute atomic E-state index is 6.72. The van der Waals surface area contributed by atoms with Gasteiger partial charge in [0, 0.05) is 38.5 Å². The van der Waals surface area contributed by atoms with Crippen LogP contribution in [0.15, 0.2) is 247 Å². The zero-order valence-corrected chi connectivity index (χ0v) is 36.8. The average molecular weight is 869 g/mol. The van der Waals surface area contributed by atoms with Gasteiger partial charge in [0.25, 0.3) is 0 Å². The Kier molecular flexibility index (Phi) is 9.43. The first kappa shape index (κ1) is 39.2. The van der Waals surface area contributed by atoms with Crippen molar-refractivity contribution in [2.24, 2.45) is 0 Å². The topological polar surface area (TPSA) is 56.7 Å². The molecular formula is C63H40N4O. The van der Waals surface area contributed by atoms with Crippen LogP contribution >= 0.6 is 0 Å². The van der Waals surface area contributed by atoms with Crippen LogP contribution in [0.25, 0.3) is 128 Å². The molecule has 5 nitrogen and oxygen atoms in total. The molecule has 68 heavy (non-hydrogen) atoms. The quantitative estimate of drug-likeness (QED) is 0.153. The fourth-order valence-electron chi connectivity index (χ4n) is 9.98. The van der Waals surface area contributed by atoms with E-state index in [0.29, 0.717) is 17.5 Å². The van der Waals surface area contributed by atoms with Crippen LogP contribution in [0, 0.1) is 0 Å². The number of benzene rings is 10. The van der Waals surface area contributed by atoms with Crippen molar-refractivity contribution in [3.05, 3.63) is 243 Å². The van der Waals surface area contributed by atoms with Crippen molar-refractivity contribution in [3.8, 4) is 84.4 Å². The van der Waals surface area contributed by atoms with Gasteiger partial charge in [0.2, 0.25) is 0 Å². The first-order chi connectivity index (χ1) is 33.7. The highest BCUT2D eigenvalue weighted by atomic mass is 16.3. The normalized spacial score (nSPS) is 11.5. The van der Waals surface area contributed by atoms with E-state index >= 15 is 0 Å². The molecule has 3 heterocycles. The number of hydrogen-bond donors (Lipinski definition) is 0. The second-order valence-corrected chi connectivity index (χ2v) is 17.1. The molecule has 5 heteroatoms. The van der Waals surface area contributed by atoms with Crippen molar-refractivity contribution >= 4 is 43.7 Å². The summed E-state index contributed by atoms with van der Waals surface area (Å²) in [5.41, 5.74) is 16.5. The number of rotatable bonds is 8. The third-order valence-corrected chi connectivity index (χ3v) is 13.1. The number of aromatic nitrogens is 4. The predicted octanol–water partition coefficient (Wildman–Crippen LogP) is 16.5. The second kappa shape index (κ2) is 16.4. The van der Waals surface area contributed by atoms with Gasteiger partial charge in [0.05, 0.1) is 16.4 Å². The predicted molar refractivity (Wildman–Crippen MR) is 279 cm³/mol. The fourth-order valence-corrected chi connectivity index (χ4v) is 9.98. The maximum Gasteiger partial charge on any atom is 0.164 e. The standard InChI is InChI=1S/C63H40N4O/c1-6-19-41(20-7-1)49-30-18-31-50(42-21-8-2-9-22-42)58(49)46-33-35-48(53(40-46)63-65-61(43-23-10-3-11-24-43)64-62(66-63)44-25-12-4-13-26-44)45-34-37-56-54(39-45)59-57(68-56)38-36-52-51-29-16-17-32-55(51)67(60(52)59)47-27-14-5-15-28-47/h1-40H. The molecule has 0 aliphatic carbocycles. The Morgan fingerprint density at radius 3 is 1.47 bits per heavy atom. The lowest BCUT2D eigenvalue weighted by Crippen LogP contribution is -2.01. The summed E-state index contributed by atoms with van der Waals surface area (Å²) in [5.74, 6) is 1.79. The molecular weight excluding hydrogens is 829 g/mol. The molecule has 0 radical (unpaired) electrons. The van der Waals surface area contributed by atoms with Crippen molar-refractivity contribution in [3.63, 3.8) is 0 Å². The van der Waals surface area contributed by atoms with Crippen molar-refractivity contribution in [1.82, 2.24) is 19.5 Å². The van der Waals surface area contributed by atoms with Crippen LogP contribution in [0.2, 0.25) is 0 Å². The lowest BCUT2D eigenvalue weighted by molar-refractivity contribution is 0.669. The Labute approximate surface area is 392 Å². The van der Waals surface area contributed by atoms with E-state index in [-0.39, 0.29) is 0 Å². The maximum atomic E-state index is 6.72. The van der Waals surface area contributed by atoms with Gasteiger partial charge >= 0.3 is 0 Å². The Morgan fingerprint density at radius 2 is 0.838 bits per heavy atom. The van der Waals surface area contributed by atoms with Gasteiger partial charge in [-0.1, -0.05) is 194 Å². The van der Waals surface area contributed by atoms with E-state index < -0.39 is 0 Å². The molecule has 0 atom stereocenters. The Morgan fingerprint density at radius 1 is 0.309 bits per heavy atom. The van der Waals surface area contributed by atoms with Gasteiger partial charge in [0.15, 0.2) is 17.5 Å². The van der Waals surface area contributed by atoms with Gasteiger partial charge in [-0.25, -0.2) is 15.0 Å². The summed E-state index contributed by atoms with van der Waals surface area (Å²) in [6.45, 7) is 0. The summed E-state index contributed by atoms with van der Waals surface area (Å²) < 4.78 is 9.10. The van der Waals surface area contributed by atoms with Crippen LogP contribution in [0.5, 0.6) is 0 Å². The van der Waals surface area contributed by atoms with Crippen LogP contribution in [0.3, 0.4) is 0 Å². The Bertz CT molecular complexity index is 3880. The van der Waals surface area contributed by atoms with Gasteiger partial charge in [-0.3, -0.25) is 0 Å². The van der Waals surface area contributed by atoms with Gasteiger partial charge in [-0.15, -0.1) is 0 Å². The SMILES string of the molecule is c1ccc(-c2nc(-c3ccccc3)nc(-c3cc(-c4c(-c5ccccc5)cccc4-c4ccccc4)ccc3-c3ccc4oc5ccc6c7ccccc7n(-c7ccccc7)c6c5c4c3)n2)cc1. The van der Waals surface area contributed by atoms with E-state index in [1.807, 2.05) is 36.4 Å². The summed E-state index contributed by atoms with van der Waals surface area (Å²) in [4.78, 5) is 15.8. The first-order valence-electron chi connectivity index (χ1n) is 22.9. The van der Waals surface area contributed by atoms with Gasteiger partial charge in [0.1, 0.15) is 11.2 Å². The average Bonchev–Trinajstić information content (AvgIpc) is 3.97. The molecule has 0 aliphatic rings. The fraction of sp³-hybridized carbons (Fsp3) is 0. The van der Waals surface area contributed by atoms with Crippen LogP contribution < -0.4 is 0 Å². The van der Waals surface area contributed by atoms with Crippen molar-refractivity contribution in [2.45, 2.75) is 0 Å². The molecule has 13 rings (SSSR count). The minimum Gasteiger partial charge on any atom is -0.456 e. The molecule has 0 spiro atoms. The highest BCUT2D eigenvalue weighted by Gasteiger charge is 2.23. The van der Waals surface area contributed by atoms with E-state index in [9.17, 15) is 0 Å². The van der Waals surface area contributed by atoms with Crippen molar-refractivity contribution < 1.29 is 4.42 Å². The monoisotopic (exact) mass is 868 g/mol. The molecule has 0 saturated heterocycles. The lowest BCUT2D eigenvalue weighted by atomic mass is 9.85. The highest BCUT2D eigenvalue weighted by molar-refractivity contribution is 6.25. The number of furan rings is 1. The molecule has 0 aliphatic heterocycles. The Balaban J connectivity index is 1.11. The second-order valence-electron chi connectivity index (χ2n) is 17.1. The molecule has 10 aromatic carbocycles. The number of hydrogen-bond acceptors (Lipinski definition) is 4. The van der Waals surface area contributed by atoms with E-state index in [4.69, 9.17) is 19.4 Å². The number of para-hydroxylation sites is 2. The van der Waals surface area contributed by atoms with Gasteiger partial charge in [-0.2, -0.15) is 0 Å². The zero-order valence-electron chi connectivity index (χ0n) is 36.8. The molecule has 0 saturated carbocycles. The van der Waals surface area contributed by atoms with E-state index in [0.717, 1.165) is 99.9 Å². The summed E-state index contributed by atoms with van der Waals surface area (Å²) in [5, 5.41) is 4.47. The number of nitrogens with zero attached hydrogens (tertiary/aromatic N) is 4. The molecule has 0 amide bonds. The molecule has 0 fully saturated rings. The van der Waals surface area contributed by atoms with Gasteiger partial charge in [-0.05, 0) is 93.0 Å². The minimum atomic E-state index is 0.580. The highest BCUT2D eigenvalue weighted by Crippen LogP contribution is 2.46. The van der Waals surface area contributed by atoms with E-state index in [1.165, 1.54) is 10.8 Å². The third kappa shape index (κ3) is 6.68. The Hall–Kier alpha value is -9.19. The minimum absolute atomic E-state index is 0.580. The van der Waals surface area contributed by atoms with E-state index in [2.05, 4.69) is 211 Å². The smallest absolute Gasteiger partial charge is 0.164 e. The summed E-state index contributed by atoms with van der Waals surface area (Å²) >= 11 is 0. The molecule has 0 unspecified atom stereocenters. The molecule has 318 valence electrons. The van der Waals surface area contributed by atoms with Crippen molar-refractivity contribution in [1.29, 1.82) is 0 Å². The summed E-state index contributed by atoms with van der Waals surface area (Å²) in [6, 6.07) is 85.2. The number of fused-ring (bicyclic) bond motifs is 7. The molecule has 0 N–H and O–H groups in total. The lowest BCUT2D eigenvalue weighted by Gasteiger charge is -2.19. The first-order valence-corrected chi connectivity index (χ1v) is 22.9. The summed E-state index contributed by atoms with van der Waals surface area (Å²) in [6.07, 6.45) is 0. The van der Waals surface area contributed by atoms with Crippen LogP contribution in [-0.4, -0.2) is 19.5 Å². The molecule has 0 bridgehead atoms. The molecule has 13 aromatic rings. The summed E-state index contributed by atoms with van der Waals surface area (Å²) in [7, 11) is 0. The van der Waals surface area contributed by atoms with Gasteiger partial charge < -0.3 is 8.98 Å². The molecule has 3 aromatic heterocycles. The van der Waals surface area contributed by atoms with Crippen LogP contribution in [0.4, 0.5) is 0 Å². The van der Waals surface area contributed by atoms with Crippen LogP contribution in [0.1, 0.15) is 0 Å². The van der Waals surface area contributed by atoms with Crippen LogP contribution in [-0.2, 0) is 0 Å². The largest absolute Gasteiger partial charge is 0.456 e. The van der Waals surface area contributed by atoms with E-state index in [1.54, 1.807) is 0 Å². The van der Waals surface area contributed by atoms with Crippen molar-refractivity contribution in [2.75, 3.05) is 0 Å².